The van der Waals surface area contributed by atoms with Gasteiger partial charge in [0.15, 0.2) is 0 Å². The second kappa shape index (κ2) is 9.23. The summed E-state index contributed by atoms with van der Waals surface area (Å²) in [5.74, 6) is 1.37. The van der Waals surface area contributed by atoms with E-state index in [0.29, 0.717) is 34.5 Å². The number of ether oxygens (including phenoxy) is 1. The van der Waals surface area contributed by atoms with Crippen LogP contribution in [0.4, 0.5) is 0 Å². The first-order chi connectivity index (χ1) is 13.4. The Labute approximate surface area is 173 Å². The third kappa shape index (κ3) is 5.13. The van der Waals surface area contributed by atoms with E-state index in [1.807, 2.05) is 38.1 Å². The highest BCUT2D eigenvalue weighted by Crippen LogP contribution is 2.22. The third-order valence-electron chi connectivity index (χ3n) is 4.17. The van der Waals surface area contributed by atoms with Gasteiger partial charge in [0, 0.05) is 11.6 Å². The van der Waals surface area contributed by atoms with Gasteiger partial charge in [-0.3, -0.25) is 9.69 Å². The van der Waals surface area contributed by atoms with Crippen LogP contribution in [-0.2, 0) is 6.61 Å². The topological polar surface area (TPSA) is 67.6 Å². The summed E-state index contributed by atoms with van der Waals surface area (Å²) in [7, 11) is 3.90. The predicted molar refractivity (Wildman–Crippen MR) is 110 cm³/mol. The van der Waals surface area contributed by atoms with Crippen LogP contribution in [0.5, 0.6) is 5.75 Å². The van der Waals surface area contributed by atoms with E-state index in [1.165, 1.54) is 11.3 Å². The van der Waals surface area contributed by atoms with Crippen LogP contribution in [0.3, 0.4) is 0 Å². The van der Waals surface area contributed by atoms with Crippen LogP contribution in [-0.4, -0.2) is 36.4 Å². The number of aryl methyl sites for hydroxylation is 1. The first-order valence-electron chi connectivity index (χ1n) is 8.76. The highest BCUT2D eigenvalue weighted by molar-refractivity contribution is 7.13. The van der Waals surface area contributed by atoms with E-state index in [2.05, 4.69) is 10.3 Å². The first kappa shape index (κ1) is 20.4. The number of likely N-dealkylation sites (N-methyl/N-ethyl adjacent to an activating group) is 1. The Balaban J connectivity index is 1.60. The van der Waals surface area contributed by atoms with E-state index >= 15 is 0 Å². The molecule has 1 aromatic carbocycles. The smallest absolute Gasteiger partial charge is 0.263 e. The summed E-state index contributed by atoms with van der Waals surface area (Å²) in [5, 5.41) is 4.38. The molecule has 0 saturated heterocycles. The molecule has 0 fully saturated rings. The number of rotatable bonds is 8. The van der Waals surface area contributed by atoms with Gasteiger partial charge in [-0.15, -0.1) is 11.3 Å². The molecular formula is C20H22ClN3O3S. The van der Waals surface area contributed by atoms with Crippen molar-refractivity contribution in [2.24, 2.45) is 0 Å². The number of benzene rings is 1. The van der Waals surface area contributed by atoms with Gasteiger partial charge in [0.2, 0.25) is 0 Å². The van der Waals surface area contributed by atoms with Gasteiger partial charge in [-0.2, -0.15) is 0 Å². The van der Waals surface area contributed by atoms with Crippen LogP contribution < -0.4 is 10.1 Å². The van der Waals surface area contributed by atoms with Crippen LogP contribution in [0.15, 0.2) is 47.1 Å². The summed E-state index contributed by atoms with van der Waals surface area (Å²) >= 11 is 7.21. The number of halogens is 1. The summed E-state index contributed by atoms with van der Waals surface area (Å²) in [6.07, 6.45) is 1.63. The second-order valence-corrected chi connectivity index (χ2v) is 7.99. The average molecular weight is 420 g/mol. The number of carbonyl (C=O) groups excluding carboxylic acids is 1. The Morgan fingerprint density at radius 1 is 1.32 bits per heavy atom. The fraction of sp³-hybridized carbons (Fsp3) is 0.300. The second-order valence-electron chi connectivity index (χ2n) is 6.47. The first-order valence-corrected chi connectivity index (χ1v) is 9.96. The molecule has 1 amide bonds. The highest BCUT2D eigenvalue weighted by Gasteiger charge is 2.20. The molecule has 3 rings (SSSR count). The molecule has 0 saturated carbocycles. The molecule has 148 valence electrons. The molecular weight excluding hydrogens is 398 g/mol. The SMILES string of the molecule is Cc1nc(COc2ccc(Cl)cc2)sc1C(=O)NCC(c1ccco1)N(C)C. The number of nitrogens with one attached hydrogen (secondary N) is 1. The molecule has 0 radical (unpaired) electrons. The van der Waals surface area contributed by atoms with E-state index in [0.717, 1.165) is 10.8 Å². The molecule has 8 heteroatoms. The zero-order chi connectivity index (χ0) is 20.1. The van der Waals surface area contributed by atoms with Crippen molar-refractivity contribution in [1.82, 2.24) is 15.2 Å². The zero-order valence-electron chi connectivity index (χ0n) is 15.9. The number of thiazole rings is 1. The number of amides is 1. The quantitative estimate of drug-likeness (QED) is 0.589. The van der Waals surface area contributed by atoms with Crippen LogP contribution in [0.1, 0.15) is 32.2 Å². The molecule has 0 aliphatic rings. The minimum absolute atomic E-state index is 0.0418. The maximum Gasteiger partial charge on any atom is 0.263 e. The van der Waals surface area contributed by atoms with Crippen molar-refractivity contribution in [3.05, 3.63) is 69.0 Å². The largest absolute Gasteiger partial charge is 0.486 e. The average Bonchev–Trinajstić information content (AvgIpc) is 3.31. The molecule has 0 spiro atoms. The fourth-order valence-corrected chi connectivity index (χ4v) is 3.71. The maximum absolute atomic E-state index is 12.6. The lowest BCUT2D eigenvalue weighted by atomic mass is 10.2. The van der Waals surface area contributed by atoms with Gasteiger partial charge in [-0.1, -0.05) is 11.6 Å². The maximum atomic E-state index is 12.6. The molecule has 6 nitrogen and oxygen atoms in total. The summed E-state index contributed by atoms with van der Waals surface area (Å²) in [6, 6.07) is 10.8. The van der Waals surface area contributed by atoms with Gasteiger partial charge < -0.3 is 14.5 Å². The van der Waals surface area contributed by atoms with E-state index < -0.39 is 0 Å². The fourth-order valence-electron chi connectivity index (χ4n) is 2.69. The van der Waals surface area contributed by atoms with Gasteiger partial charge >= 0.3 is 0 Å². The lowest BCUT2D eigenvalue weighted by Crippen LogP contribution is -2.34. The van der Waals surface area contributed by atoms with Crippen molar-refractivity contribution < 1.29 is 13.9 Å². The summed E-state index contributed by atoms with van der Waals surface area (Å²) < 4.78 is 11.2. The summed E-state index contributed by atoms with van der Waals surface area (Å²) in [4.78, 5) is 19.7. The number of aromatic nitrogens is 1. The van der Waals surface area contributed by atoms with Crippen molar-refractivity contribution >= 4 is 28.8 Å². The standard InChI is InChI=1S/C20H22ClN3O3S/c1-13-19(20(25)22-11-16(24(2)3)17-5-4-10-26-17)28-18(23-13)12-27-15-8-6-14(21)7-9-15/h4-10,16H,11-12H2,1-3H3,(H,22,25). The highest BCUT2D eigenvalue weighted by atomic mass is 35.5. The normalized spacial score (nSPS) is 12.2. The Morgan fingerprint density at radius 2 is 2.07 bits per heavy atom. The van der Waals surface area contributed by atoms with Gasteiger partial charge in [-0.25, -0.2) is 4.98 Å². The molecule has 1 unspecified atom stereocenters. The van der Waals surface area contributed by atoms with Gasteiger partial charge in [0.05, 0.1) is 18.0 Å². The molecule has 1 atom stereocenters. The molecule has 0 aliphatic carbocycles. The molecule has 3 aromatic rings. The summed E-state index contributed by atoms with van der Waals surface area (Å²) in [5.41, 5.74) is 0.691. The molecule has 2 aromatic heterocycles. The van der Waals surface area contributed by atoms with Gasteiger partial charge in [0.1, 0.15) is 28.0 Å². The van der Waals surface area contributed by atoms with Crippen molar-refractivity contribution in [3.63, 3.8) is 0 Å². The van der Waals surface area contributed by atoms with E-state index in [-0.39, 0.29) is 11.9 Å². The van der Waals surface area contributed by atoms with E-state index in [4.69, 9.17) is 20.8 Å². The predicted octanol–water partition coefficient (Wildman–Crippen LogP) is 4.31. The molecule has 1 N–H and O–H groups in total. The minimum atomic E-state index is -0.147. The van der Waals surface area contributed by atoms with Crippen LogP contribution in [0.2, 0.25) is 5.02 Å². The Kier molecular flexibility index (Phi) is 6.72. The molecule has 0 aliphatic heterocycles. The van der Waals surface area contributed by atoms with Gasteiger partial charge in [-0.05, 0) is 57.4 Å². The van der Waals surface area contributed by atoms with E-state index in [1.54, 1.807) is 30.5 Å². The monoisotopic (exact) mass is 419 g/mol. The zero-order valence-corrected chi connectivity index (χ0v) is 17.5. The summed E-state index contributed by atoms with van der Waals surface area (Å²) in [6.45, 7) is 2.56. The van der Waals surface area contributed by atoms with Crippen molar-refractivity contribution in [2.75, 3.05) is 20.6 Å². The van der Waals surface area contributed by atoms with Gasteiger partial charge in [0.25, 0.3) is 5.91 Å². The molecule has 28 heavy (non-hydrogen) atoms. The molecule has 2 heterocycles. The number of hydrogen-bond donors (Lipinski definition) is 1. The van der Waals surface area contributed by atoms with Crippen LogP contribution in [0, 0.1) is 6.92 Å². The van der Waals surface area contributed by atoms with Crippen molar-refractivity contribution in [1.29, 1.82) is 0 Å². The van der Waals surface area contributed by atoms with Crippen LogP contribution in [0.25, 0.3) is 0 Å². The number of hydrogen-bond acceptors (Lipinski definition) is 6. The van der Waals surface area contributed by atoms with E-state index in [9.17, 15) is 4.79 Å². The van der Waals surface area contributed by atoms with Crippen molar-refractivity contribution in [3.8, 4) is 5.75 Å². The third-order valence-corrected chi connectivity index (χ3v) is 5.56. The Bertz CT molecular complexity index is 907. The Morgan fingerprint density at radius 3 is 2.71 bits per heavy atom. The Hall–Kier alpha value is -2.35. The van der Waals surface area contributed by atoms with Crippen LogP contribution >= 0.6 is 22.9 Å². The lowest BCUT2D eigenvalue weighted by Gasteiger charge is -2.22. The van der Waals surface area contributed by atoms with Crippen molar-refractivity contribution in [2.45, 2.75) is 19.6 Å². The lowest BCUT2D eigenvalue weighted by molar-refractivity contribution is 0.0942. The number of nitrogens with zero attached hydrogens (tertiary/aromatic N) is 2. The number of furan rings is 1. The number of carbonyl (C=O) groups is 1. The molecule has 0 bridgehead atoms. The minimum Gasteiger partial charge on any atom is -0.486 e.